The molecule has 0 saturated carbocycles. The number of furan rings is 1. The van der Waals surface area contributed by atoms with Crippen LogP contribution in [0.15, 0.2) is 16.8 Å². The third kappa shape index (κ3) is 2.63. The first kappa shape index (κ1) is 13.4. The molecule has 1 aliphatic rings. The van der Waals surface area contributed by atoms with Gasteiger partial charge >= 0.3 is 0 Å². The molecule has 3 heterocycles. The zero-order valence-corrected chi connectivity index (χ0v) is 12.5. The zero-order chi connectivity index (χ0) is 14.1. The van der Waals surface area contributed by atoms with Gasteiger partial charge in [-0.25, -0.2) is 0 Å². The molecule has 5 heteroatoms. The van der Waals surface area contributed by atoms with E-state index in [0.29, 0.717) is 5.92 Å². The Balaban J connectivity index is 1.59. The highest BCUT2D eigenvalue weighted by Crippen LogP contribution is 2.27. The first-order valence-electron chi connectivity index (χ1n) is 7.25. The van der Waals surface area contributed by atoms with Crippen molar-refractivity contribution >= 4 is 0 Å². The lowest BCUT2D eigenvalue weighted by atomic mass is 9.95. The van der Waals surface area contributed by atoms with Crippen LogP contribution in [-0.4, -0.2) is 32.8 Å². The first-order valence-corrected chi connectivity index (χ1v) is 7.25. The van der Waals surface area contributed by atoms with E-state index in [1.54, 1.807) is 6.33 Å². The van der Waals surface area contributed by atoms with E-state index in [0.717, 1.165) is 49.8 Å². The second-order valence-corrected chi connectivity index (χ2v) is 5.79. The number of nitrogens with zero attached hydrogens (tertiary/aromatic N) is 4. The minimum atomic E-state index is 0.547. The fourth-order valence-electron chi connectivity index (χ4n) is 3.09. The smallest absolute Gasteiger partial charge is 0.135 e. The standard InChI is InChI=1S/C15H22N4O/c1-11-8-14(12(2)20-11)9-19-6-4-13(5-7-19)15-17-16-10-18(15)3/h8,10,13H,4-7,9H2,1-3H3. The summed E-state index contributed by atoms with van der Waals surface area (Å²) in [4.78, 5) is 2.50. The van der Waals surface area contributed by atoms with E-state index in [2.05, 4.69) is 28.1 Å². The molecule has 20 heavy (non-hydrogen) atoms. The number of rotatable bonds is 3. The van der Waals surface area contributed by atoms with Gasteiger partial charge in [0.2, 0.25) is 0 Å². The van der Waals surface area contributed by atoms with E-state index in [9.17, 15) is 0 Å². The van der Waals surface area contributed by atoms with Crippen LogP contribution in [-0.2, 0) is 13.6 Å². The number of aromatic nitrogens is 3. The molecule has 108 valence electrons. The lowest BCUT2D eigenvalue weighted by Crippen LogP contribution is -2.33. The van der Waals surface area contributed by atoms with E-state index >= 15 is 0 Å². The average Bonchev–Trinajstić information content (AvgIpc) is 2.97. The number of hydrogen-bond donors (Lipinski definition) is 0. The van der Waals surface area contributed by atoms with Crippen LogP contribution in [0, 0.1) is 13.8 Å². The Labute approximate surface area is 119 Å². The van der Waals surface area contributed by atoms with Crippen molar-refractivity contribution in [3.8, 4) is 0 Å². The van der Waals surface area contributed by atoms with Crippen molar-refractivity contribution in [2.45, 2.75) is 39.2 Å². The Hall–Kier alpha value is -1.62. The van der Waals surface area contributed by atoms with Gasteiger partial charge in [0.25, 0.3) is 0 Å². The minimum absolute atomic E-state index is 0.547. The molecule has 1 saturated heterocycles. The topological polar surface area (TPSA) is 47.1 Å². The van der Waals surface area contributed by atoms with E-state index in [-0.39, 0.29) is 0 Å². The third-order valence-electron chi connectivity index (χ3n) is 4.24. The molecule has 2 aromatic rings. The molecule has 0 atom stereocenters. The van der Waals surface area contributed by atoms with Crippen LogP contribution < -0.4 is 0 Å². The summed E-state index contributed by atoms with van der Waals surface area (Å²) >= 11 is 0. The summed E-state index contributed by atoms with van der Waals surface area (Å²) in [6.07, 6.45) is 4.10. The Morgan fingerprint density at radius 2 is 2.05 bits per heavy atom. The number of likely N-dealkylation sites (tertiary alicyclic amines) is 1. The van der Waals surface area contributed by atoms with Crippen LogP contribution in [0.25, 0.3) is 0 Å². The van der Waals surface area contributed by atoms with Gasteiger partial charge in [-0.2, -0.15) is 0 Å². The molecule has 0 spiro atoms. The summed E-state index contributed by atoms with van der Waals surface area (Å²) in [7, 11) is 2.03. The lowest BCUT2D eigenvalue weighted by molar-refractivity contribution is 0.199. The fourth-order valence-corrected chi connectivity index (χ4v) is 3.09. The van der Waals surface area contributed by atoms with Gasteiger partial charge in [0.1, 0.15) is 23.7 Å². The van der Waals surface area contributed by atoms with Crippen LogP contribution in [0.3, 0.4) is 0 Å². The maximum absolute atomic E-state index is 5.60. The Kier molecular flexibility index (Phi) is 3.61. The molecule has 0 aromatic carbocycles. The summed E-state index contributed by atoms with van der Waals surface area (Å²) in [6.45, 7) is 7.28. The highest BCUT2D eigenvalue weighted by atomic mass is 16.3. The lowest BCUT2D eigenvalue weighted by Gasteiger charge is -2.31. The maximum Gasteiger partial charge on any atom is 0.135 e. The van der Waals surface area contributed by atoms with Crippen molar-refractivity contribution in [1.82, 2.24) is 19.7 Å². The van der Waals surface area contributed by atoms with Gasteiger partial charge in [-0.3, -0.25) is 4.90 Å². The van der Waals surface area contributed by atoms with Gasteiger partial charge in [0.15, 0.2) is 0 Å². The molecule has 5 nitrogen and oxygen atoms in total. The summed E-state index contributed by atoms with van der Waals surface area (Å²) in [5, 5.41) is 8.23. The summed E-state index contributed by atoms with van der Waals surface area (Å²) in [6, 6.07) is 2.16. The number of aryl methyl sites for hydroxylation is 3. The second-order valence-electron chi connectivity index (χ2n) is 5.79. The van der Waals surface area contributed by atoms with Crippen molar-refractivity contribution in [3.63, 3.8) is 0 Å². The van der Waals surface area contributed by atoms with Crippen LogP contribution in [0.1, 0.15) is 41.7 Å². The summed E-state index contributed by atoms with van der Waals surface area (Å²) < 4.78 is 7.65. The van der Waals surface area contributed by atoms with E-state index in [4.69, 9.17) is 4.42 Å². The summed E-state index contributed by atoms with van der Waals surface area (Å²) in [5.74, 6) is 3.73. The van der Waals surface area contributed by atoms with Gasteiger partial charge in [0.05, 0.1) is 0 Å². The van der Waals surface area contributed by atoms with Crippen molar-refractivity contribution in [3.05, 3.63) is 35.3 Å². The molecular formula is C15H22N4O. The normalized spacial score (nSPS) is 17.8. The van der Waals surface area contributed by atoms with E-state index in [1.807, 2.05) is 18.5 Å². The fraction of sp³-hybridized carbons (Fsp3) is 0.600. The SMILES string of the molecule is Cc1cc(CN2CCC(c3nncn3C)CC2)c(C)o1. The van der Waals surface area contributed by atoms with Gasteiger partial charge in [-0.05, 0) is 45.8 Å². The average molecular weight is 274 g/mol. The van der Waals surface area contributed by atoms with E-state index in [1.165, 1.54) is 5.56 Å². The zero-order valence-electron chi connectivity index (χ0n) is 12.5. The molecule has 0 bridgehead atoms. The molecule has 3 rings (SSSR count). The molecule has 1 aliphatic heterocycles. The Bertz CT molecular complexity index is 578. The van der Waals surface area contributed by atoms with Crippen molar-refractivity contribution in [2.75, 3.05) is 13.1 Å². The maximum atomic E-state index is 5.60. The largest absolute Gasteiger partial charge is 0.466 e. The Morgan fingerprint density at radius 3 is 2.60 bits per heavy atom. The first-order chi connectivity index (χ1) is 9.63. The third-order valence-corrected chi connectivity index (χ3v) is 4.24. The molecule has 0 aliphatic carbocycles. The van der Waals surface area contributed by atoms with Crippen LogP contribution in [0.2, 0.25) is 0 Å². The van der Waals surface area contributed by atoms with Gasteiger partial charge in [0, 0.05) is 25.1 Å². The predicted octanol–water partition coefficient (Wildman–Crippen LogP) is 2.40. The molecule has 1 fully saturated rings. The molecular weight excluding hydrogens is 252 g/mol. The van der Waals surface area contributed by atoms with E-state index < -0.39 is 0 Å². The molecule has 0 N–H and O–H groups in total. The summed E-state index contributed by atoms with van der Waals surface area (Å²) in [5.41, 5.74) is 1.32. The van der Waals surface area contributed by atoms with Crippen LogP contribution in [0.4, 0.5) is 0 Å². The van der Waals surface area contributed by atoms with Gasteiger partial charge < -0.3 is 8.98 Å². The van der Waals surface area contributed by atoms with Crippen molar-refractivity contribution < 1.29 is 4.42 Å². The second kappa shape index (κ2) is 5.40. The minimum Gasteiger partial charge on any atom is -0.466 e. The number of hydrogen-bond acceptors (Lipinski definition) is 4. The van der Waals surface area contributed by atoms with Gasteiger partial charge in [-0.1, -0.05) is 0 Å². The molecule has 2 aromatic heterocycles. The monoisotopic (exact) mass is 274 g/mol. The Morgan fingerprint density at radius 1 is 1.30 bits per heavy atom. The predicted molar refractivity (Wildman–Crippen MR) is 76.4 cm³/mol. The van der Waals surface area contributed by atoms with Crippen molar-refractivity contribution in [2.24, 2.45) is 7.05 Å². The van der Waals surface area contributed by atoms with Crippen LogP contribution >= 0.6 is 0 Å². The molecule has 0 radical (unpaired) electrons. The van der Waals surface area contributed by atoms with Gasteiger partial charge in [-0.15, -0.1) is 10.2 Å². The highest BCUT2D eigenvalue weighted by molar-refractivity contribution is 5.20. The van der Waals surface area contributed by atoms with Crippen molar-refractivity contribution in [1.29, 1.82) is 0 Å². The highest BCUT2D eigenvalue weighted by Gasteiger charge is 2.24. The quantitative estimate of drug-likeness (QED) is 0.862. The van der Waals surface area contributed by atoms with Crippen LogP contribution in [0.5, 0.6) is 0 Å². The molecule has 0 amide bonds. The molecule has 0 unspecified atom stereocenters. The number of piperidine rings is 1.